The van der Waals surface area contributed by atoms with Gasteiger partial charge in [0.15, 0.2) is 11.7 Å². The fourth-order valence-electron chi connectivity index (χ4n) is 17.8. The molecule has 0 radical (unpaired) electrons. The molecule has 0 spiro atoms. The lowest BCUT2D eigenvalue weighted by Crippen LogP contribution is -2.50. The normalized spacial score (nSPS) is 20.8. The zero-order chi connectivity index (χ0) is 108. The molecule has 4 aromatic heterocycles. The van der Waals surface area contributed by atoms with Crippen LogP contribution >= 0.6 is 0 Å². The molecule has 18 rings (SSSR count). The number of carboxylic acid groups (broad SMARTS) is 1. The SMILES string of the molecule is CC(C)(C)OC(=O)N=C(NC(=O)OC(C)(C)C)n1cccn1.CCCC(=O)CNC(=O)[C@@H]1CC[C@@H]2CN1C(=O)N2OCc1ccccc1.CCCC(=O)O.CCCc1nnc([C@@H]2CC[C@@H]3CN2C(=O)N3OCc2ccccc2)o1.CCCc1nnc([C@@H]2CC[C@@H]3CN2C(=O)N3OCc2ccccc2)o1.CNC(=O)[C@@H]1CC[C@@H]2CN1C(=O)N2OCc1ccccc1.NC(N)=NCCc1nnc([C@@H]2CC[C@@H]3CN2C(=O)N3OS(=O)(=O)O)o1. The van der Waals surface area contributed by atoms with Gasteiger partial charge in [-0.15, -0.1) is 39.9 Å². The highest BCUT2D eigenvalue weighted by atomic mass is 32.3. The predicted molar refractivity (Wildman–Crippen MR) is 534 cm³/mol. The zero-order valence-electron chi connectivity index (χ0n) is 86.1. The van der Waals surface area contributed by atoms with Crippen LogP contribution in [0.2, 0.25) is 0 Å². The van der Waals surface area contributed by atoms with Crippen molar-refractivity contribution in [1.82, 2.24) is 106 Å². The monoisotopic (exact) mass is 2110 g/mol. The van der Waals surface area contributed by atoms with Gasteiger partial charge in [0.2, 0.25) is 53.1 Å². The number of carboxylic acids is 1. The molecule has 150 heavy (non-hydrogen) atoms. The largest absolute Gasteiger partial charge is 0.481 e. The molecule has 4 aromatic carbocycles. The molecule has 0 aliphatic carbocycles. The lowest BCUT2D eigenvalue weighted by Gasteiger charge is -2.29. The number of ketones is 1. The molecule has 0 unspecified atom stereocenters. The van der Waals surface area contributed by atoms with Gasteiger partial charge in [0.1, 0.15) is 67.8 Å². The third-order valence-electron chi connectivity index (χ3n) is 24.7. The Morgan fingerprint density at radius 3 is 1.16 bits per heavy atom. The number of aryl methyl sites for hydroxylation is 2. The van der Waals surface area contributed by atoms with Gasteiger partial charge in [-0.25, -0.2) is 38.2 Å². The van der Waals surface area contributed by atoms with Crippen molar-refractivity contribution in [1.29, 1.82) is 0 Å². The fourth-order valence-corrected chi connectivity index (χ4v) is 18.2. The van der Waals surface area contributed by atoms with Crippen LogP contribution in [0.15, 0.2) is 163 Å². The quantitative estimate of drug-likeness (QED) is 0.0117. The third kappa shape index (κ3) is 32.4. The average Bonchev–Trinajstić information content (AvgIpc) is 1.62. The second-order valence-electron chi connectivity index (χ2n) is 38.5. The topological polar surface area (TPSA) is 607 Å². The molecular weight excluding hydrogens is 1970 g/mol. The highest BCUT2D eigenvalue weighted by Crippen LogP contribution is 2.43. The van der Waals surface area contributed by atoms with Crippen LogP contribution in [0.25, 0.3) is 0 Å². The smallest absolute Gasteiger partial charge is 0.437 e. The molecule has 10 fully saturated rings. The first-order valence-corrected chi connectivity index (χ1v) is 51.6. The molecule has 8 aromatic rings. The first-order valence-electron chi connectivity index (χ1n) is 50.2. The van der Waals surface area contributed by atoms with E-state index in [0.717, 1.165) is 92.9 Å². The van der Waals surface area contributed by atoms with Gasteiger partial charge in [-0.1, -0.05) is 149 Å². The number of aliphatic imine (C=N–C) groups is 2. The second kappa shape index (κ2) is 54.0. The molecule has 14 heterocycles. The number of nitrogens with zero attached hydrogens (tertiary/aromatic N) is 20. The van der Waals surface area contributed by atoms with E-state index < -0.39 is 63.9 Å². The van der Waals surface area contributed by atoms with Gasteiger partial charge in [-0.3, -0.25) is 53.4 Å². The Labute approximate surface area is 868 Å². The minimum absolute atomic E-state index is 0.00936. The number of carbonyl (C=O) groups excluding carboxylic acids is 10. The molecule has 10 aliphatic rings. The Morgan fingerprint density at radius 2 is 0.820 bits per heavy atom. The summed E-state index contributed by atoms with van der Waals surface area (Å²) in [6, 6.07) is 37.4. The highest BCUT2D eigenvalue weighted by molar-refractivity contribution is 7.80. The summed E-state index contributed by atoms with van der Waals surface area (Å²) in [6.45, 7) is 22.6. The van der Waals surface area contributed by atoms with Crippen LogP contribution in [-0.2, 0) is 108 Å². The Kier molecular flexibility index (Phi) is 41.0. The maximum atomic E-state index is 12.8. The van der Waals surface area contributed by atoms with Crippen molar-refractivity contribution in [3.63, 3.8) is 0 Å². The van der Waals surface area contributed by atoms with Crippen LogP contribution < -0.4 is 27.4 Å². The molecule has 10 aliphatic heterocycles. The van der Waals surface area contributed by atoms with Gasteiger partial charge in [0.05, 0.1) is 43.3 Å². The molecule has 51 heteroatoms. The number of benzene rings is 4. The third-order valence-corrected chi connectivity index (χ3v) is 25.1. The number of hydroxylamine groups is 10. The predicted octanol–water partition coefficient (Wildman–Crippen LogP) is 11.2. The van der Waals surface area contributed by atoms with Crippen molar-refractivity contribution in [3.8, 4) is 0 Å². The average molecular weight is 2110 g/mol. The number of ether oxygens (including phenoxy) is 2. The standard InChI is InChI=1S/C19H25N3O4.2C18H22N4O3.C15H19N3O3.C14H22N4O4.C11H17N7O6S.C4H8O2/c1-2-6-16(23)11-20-18(24)17-10-9-15-12-21(17)19(25)22(15)26-13-14-7-4-3-5-8-14;2*1-2-6-16-19-20-17(25-16)15-10-9-14-11-21(15)18(23)22(14)24-12-13-7-4-3-5-8-13;1-16-14(19)13-8-7-12-9-17(13)15(20)18(12)21-10-11-5-3-2-4-6-11;1-13(2,3)21-11(19)16-10(18-9-7-8-15-18)17-12(20)22-14(4,5)6;12-10(13)14-4-3-8-15-16-9(23-8)7-2-1-6-5-17(7)11(19)18(6)24-25(20,21)22;1-2-3-4(5)6/h3-5,7-8,15,17H,2,6,9-13H2,1H3,(H,20,24);2*3-5,7-8,14-15H,2,6,9-12H2,1H3;2-6,12-13H,7-10H2,1H3,(H,16,19);7-9H,1-6H3,(H,16,17,19,20);6-7H,1-5H2,(H4,12,13,14)(H,20,21,22);2-3H2,1H3,(H,5,6)/t15-,17+;2*14-,15+;12-,13+;;6-,7+;/m1111.1./s1. The van der Waals surface area contributed by atoms with E-state index in [2.05, 4.69) is 79.8 Å². The van der Waals surface area contributed by atoms with E-state index in [4.69, 9.17) is 63.2 Å². The minimum Gasteiger partial charge on any atom is -0.481 e. The summed E-state index contributed by atoms with van der Waals surface area (Å²) in [5.41, 5.74) is 13.2. The van der Waals surface area contributed by atoms with Gasteiger partial charge in [-0.2, -0.15) is 38.8 Å². The highest BCUT2D eigenvalue weighted by Gasteiger charge is 2.54. The van der Waals surface area contributed by atoms with Gasteiger partial charge in [-0.05, 0) is 160 Å². The van der Waals surface area contributed by atoms with Crippen LogP contribution in [0.3, 0.4) is 0 Å². The van der Waals surface area contributed by atoms with Crippen LogP contribution in [0, 0.1) is 0 Å². The van der Waals surface area contributed by atoms with Crippen molar-refractivity contribution in [2.45, 2.75) is 289 Å². The number of alkyl carbamates (subject to hydrolysis) is 1. The summed E-state index contributed by atoms with van der Waals surface area (Å²) in [5, 5.41) is 50.4. The van der Waals surface area contributed by atoms with Crippen LogP contribution in [0.4, 0.5) is 33.6 Å². The summed E-state index contributed by atoms with van der Waals surface area (Å²) >= 11 is 0. The second-order valence-corrected chi connectivity index (χ2v) is 39.5. The lowest BCUT2D eigenvalue weighted by atomic mass is 10.0. The number of likely N-dealkylation sites (N-methyl/N-ethyl adjacent to an activating group) is 1. The number of fused-ring (bicyclic) bond motifs is 10. The van der Waals surface area contributed by atoms with Crippen molar-refractivity contribution in [2.75, 3.05) is 52.9 Å². The van der Waals surface area contributed by atoms with E-state index in [9.17, 15) is 61.2 Å². The fraction of sp³-hybridized carbons (Fsp3) is 0.535. The Bertz CT molecular complexity index is 5850. The molecular formula is C99H135N25O25S. The molecule has 10 atom stereocenters. The minimum atomic E-state index is -4.78. The van der Waals surface area contributed by atoms with E-state index in [1.54, 1.807) is 74.3 Å². The van der Waals surface area contributed by atoms with Gasteiger partial charge < -0.3 is 74.4 Å². The van der Waals surface area contributed by atoms with Crippen LogP contribution in [0.1, 0.15) is 248 Å². The Balaban J connectivity index is 0.000000158. The Morgan fingerprint density at radius 1 is 0.460 bits per heavy atom. The zero-order valence-corrected chi connectivity index (χ0v) is 86.9. The van der Waals surface area contributed by atoms with Crippen molar-refractivity contribution in [3.05, 3.63) is 197 Å². The molecule has 14 amide bonds. The van der Waals surface area contributed by atoms with Crippen molar-refractivity contribution >= 4 is 88.2 Å². The van der Waals surface area contributed by atoms with Crippen LogP contribution in [0.5, 0.6) is 0 Å². The molecule has 50 nitrogen and oxygen atoms in total. The molecule has 812 valence electrons. The number of Topliss-reactive ketones (excluding diaryl/α,β-unsaturated/α-hetero) is 1. The number of hydrogen-bond donors (Lipinski definition) is 7. The number of aromatic nitrogens is 8. The molecule has 10 saturated heterocycles. The number of hydrogen-bond acceptors (Lipinski definition) is 31. The summed E-state index contributed by atoms with van der Waals surface area (Å²) in [7, 11) is -3.18. The van der Waals surface area contributed by atoms with Gasteiger partial charge in [0, 0.05) is 84.3 Å². The summed E-state index contributed by atoms with van der Waals surface area (Å²) in [5.74, 6) is 1.71. The number of rotatable bonds is 32. The maximum Gasteiger partial charge on any atom is 0.437 e. The first kappa shape index (κ1) is 114. The van der Waals surface area contributed by atoms with E-state index >= 15 is 0 Å². The van der Waals surface area contributed by atoms with E-state index in [1.165, 1.54) is 42.2 Å². The number of carbonyl (C=O) groups is 11. The first-order chi connectivity index (χ1) is 71.8. The number of guanidine groups is 1. The Hall–Kier alpha value is -14.7. The van der Waals surface area contributed by atoms with Gasteiger partial charge >= 0.3 is 58.7 Å². The maximum absolute atomic E-state index is 12.8. The van der Waals surface area contributed by atoms with E-state index in [1.807, 2.05) is 135 Å². The summed E-state index contributed by atoms with van der Waals surface area (Å²) in [6.07, 6.45) is 14.5. The number of amides is 14. The molecule has 9 N–H and O–H groups in total. The van der Waals surface area contributed by atoms with Crippen LogP contribution in [-0.4, -0.2) is 292 Å². The molecule has 10 bridgehead atoms. The summed E-state index contributed by atoms with van der Waals surface area (Å²) in [4.78, 5) is 171. The number of urea groups is 5. The number of piperidine rings is 5. The van der Waals surface area contributed by atoms with Crippen molar-refractivity contribution < 1.29 is 117 Å². The number of nitrogens with two attached hydrogens (primary N) is 2. The van der Waals surface area contributed by atoms with Gasteiger partial charge in [0.25, 0.3) is 0 Å². The van der Waals surface area contributed by atoms with E-state index in [-0.39, 0.29) is 121 Å². The molecule has 0 saturated carbocycles. The number of aliphatic carboxylic acids is 1. The van der Waals surface area contributed by atoms with Crippen molar-refractivity contribution in [2.24, 2.45) is 21.5 Å². The van der Waals surface area contributed by atoms with E-state index in [0.29, 0.717) is 138 Å². The summed E-state index contributed by atoms with van der Waals surface area (Å²) < 4.78 is 63.4. The lowest BCUT2D eigenvalue weighted by molar-refractivity contribution is -0.140. The number of nitrogens with one attached hydrogen (secondary N) is 3.